The third kappa shape index (κ3) is 2.55. The van der Waals surface area contributed by atoms with Crippen LogP contribution in [0.5, 0.6) is 0 Å². The van der Waals surface area contributed by atoms with E-state index >= 15 is 0 Å². The monoisotopic (exact) mass is 172 g/mol. The van der Waals surface area contributed by atoms with Gasteiger partial charge in [0.25, 0.3) is 0 Å². The number of aromatic nitrogens is 2. The Hall–Kier alpha value is -0.480. The topological polar surface area (TPSA) is 34.8 Å². The first-order valence-electron chi connectivity index (χ1n) is 3.72. The van der Waals surface area contributed by atoms with E-state index in [2.05, 4.69) is 21.8 Å². The lowest BCUT2D eigenvalue weighted by Gasteiger charge is -1.90. The van der Waals surface area contributed by atoms with Gasteiger partial charge in [0.05, 0.1) is 6.54 Å². The fourth-order valence-corrected chi connectivity index (χ4v) is 1.20. The van der Waals surface area contributed by atoms with E-state index in [-0.39, 0.29) is 0 Å². The number of hydrogen-bond acceptors (Lipinski definition) is 2. The van der Waals surface area contributed by atoms with Crippen molar-refractivity contribution in [1.29, 1.82) is 0 Å². The first-order chi connectivity index (χ1) is 5.36. The van der Waals surface area contributed by atoms with E-state index in [0.29, 0.717) is 6.54 Å². The molecule has 0 radical (unpaired) electrons. The van der Waals surface area contributed by atoms with Crippen LogP contribution in [0.2, 0.25) is 0 Å². The fraction of sp³-hybridized carbons (Fsp3) is 0.571. The van der Waals surface area contributed by atoms with Crippen LogP contribution in [0.3, 0.4) is 0 Å². The predicted octanol–water partition coefficient (Wildman–Crippen LogP) is -0.336. The molecular formula is C7H14N3S+. The lowest BCUT2D eigenvalue weighted by molar-refractivity contribution is -0.691. The summed E-state index contributed by atoms with van der Waals surface area (Å²) in [5.74, 6) is 0.872. The second-order valence-electron chi connectivity index (χ2n) is 2.40. The number of thiol groups is 1. The number of rotatable bonds is 4. The van der Waals surface area contributed by atoms with Crippen LogP contribution in [0.1, 0.15) is 0 Å². The van der Waals surface area contributed by atoms with Gasteiger partial charge in [-0.05, 0) is 0 Å². The van der Waals surface area contributed by atoms with Gasteiger partial charge >= 0.3 is 0 Å². The summed E-state index contributed by atoms with van der Waals surface area (Å²) in [6.07, 6.45) is 6.10. The van der Waals surface area contributed by atoms with Crippen molar-refractivity contribution < 1.29 is 4.57 Å². The van der Waals surface area contributed by atoms with Crippen LogP contribution in [-0.4, -0.2) is 16.9 Å². The van der Waals surface area contributed by atoms with E-state index in [4.69, 9.17) is 5.73 Å². The van der Waals surface area contributed by atoms with Gasteiger partial charge in [-0.25, -0.2) is 9.13 Å². The molecule has 0 aliphatic rings. The Morgan fingerprint density at radius 1 is 1.55 bits per heavy atom. The molecule has 1 rings (SSSR count). The highest BCUT2D eigenvalue weighted by Crippen LogP contribution is 1.83. The van der Waals surface area contributed by atoms with Crippen molar-refractivity contribution in [3.8, 4) is 0 Å². The van der Waals surface area contributed by atoms with Crippen LogP contribution in [0.25, 0.3) is 0 Å². The zero-order valence-corrected chi connectivity index (χ0v) is 7.37. The molecule has 1 aromatic rings. The summed E-state index contributed by atoms with van der Waals surface area (Å²) in [7, 11) is 0. The molecule has 0 spiro atoms. The maximum absolute atomic E-state index is 5.40. The van der Waals surface area contributed by atoms with E-state index in [1.165, 1.54) is 0 Å². The number of imidazole rings is 1. The number of aryl methyl sites for hydroxylation is 1. The molecule has 0 aliphatic heterocycles. The van der Waals surface area contributed by atoms with E-state index < -0.39 is 0 Å². The van der Waals surface area contributed by atoms with Gasteiger partial charge in [-0.15, -0.1) is 0 Å². The van der Waals surface area contributed by atoms with Crippen LogP contribution < -0.4 is 10.3 Å². The van der Waals surface area contributed by atoms with Crippen molar-refractivity contribution in [1.82, 2.24) is 4.57 Å². The first-order valence-corrected chi connectivity index (χ1v) is 4.36. The van der Waals surface area contributed by atoms with Crippen LogP contribution in [0, 0.1) is 0 Å². The van der Waals surface area contributed by atoms with Gasteiger partial charge in [0.15, 0.2) is 0 Å². The summed E-state index contributed by atoms with van der Waals surface area (Å²) in [4.78, 5) is 0. The summed E-state index contributed by atoms with van der Waals surface area (Å²) in [5.41, 5.74) is 5.40. The SMILES string of the molecule is NCCn1cc[n+](CCS)c1. The molecule has 0 bridgehead atoms. The summed E-state index contributed by atoms with van der Waals surface area (Å²) < 4.78 is 4.17. The quantitative estimate of drug-likeness (QED) is 0.473. The van der Waals surface area contributed by atoms with Gasteiger partial charge < -0.3 is 5.73 Å². The van der Waals surface area contributed by atoms with Crippen molar-refractivity contribution in [2.75, 3.05) is 12.3 Å². The lowest BCUT2D eigenvalue weighted by Crippen LogP contribution is -2.32. The molecule has 0 fully saturated rings. The molecule has 0 saturated heterocycles. The van der Waals surface area contributed by atoms with E-state index in [1.54, 1.807) is 0 Å². The molecule has 0 atom stereocenters. The minimum absolute atomic E-state index is 0.690. The average molecular weight is 172 g/mol. The zero-order chi connectivity index (χ0) is 8.10. The van der Waals surface area contributed by atoms with Gasteiger partial charge in [0.2, 0.25) is 6.33 Å². The molecule has 0 aliphatic carbocycles. The molecular weight excluding hydrogens is 158 g/mol. The van der Waals surface area contributed by atoms with E-state index in [1.807, 2.05) is 18.7 Å². The normalized spacial score (nSPS) is 10.4. The first kappa shape index (κ1) is 8.62. The minimum Gasteiger partial charge on any atom is -0.327 e. The lowest BCUT2D eigenvalue weighted by atomic mass is 10.6. The second-order valence-corrected chi connectivity index (χ2v) is 2.85. The molecule has 1 aromatic heterocycles. The molecule has 3 nitrogen and oxygen atoms in total. The van der Waals surface area contributed by atoms with Gasteiger partial charge in [-0.3, -0.25) is 0 Å². The maximum Gasteiger partial charge on any atom is 0.243 e. The molecule has 0 amide bonds. The molecule has 4 heteroatoms. The molecule has 2 N–H and O–H groups in total. The van der Waals surface area contributed by atoms with Gasteiger partial charge in [0.1, 0.15) is 18.9 Å². The Labute approximate surface area is 72.2 Å². The Bertz CT molecular complexity index is 189. The highest BCUT2D eigenvalue weighted by molar-refractivity contribution is 7.80. The second kappa shape index (κ2) is 4.41. The maximum atomic E-state index is 5.40. The Kier molecular flexibility index (Phi) is 3.45. The number of hydrogen-bond donors (Lipinski definition) is 2. The van der Waals surface area contributed by atoms with Crippen molar-refractivity contribution >= 4 is 12.6 Å². The summed E-state index contributed by atoms with van der Waals surface area (Å²) >= 11 is 4.14. The molecule has 1 heterocycles. The molecule has 62 valence electrons. The van der Waals surface area contributed by atoms with Gasteiger partial charge in [0, 0.05) is 12.3 Å². The average Bonchev–Trinajstić information content (AvgIpc) is 2.38. The van der Waals surface area contributed by atoms with E-state index in [9.17, 15) is 0 Å². The van der Waals surface area contributed by atoms with E-state index in [0.717, 1.165) is 18.8 Å². The summed E-state index contributed by atoms with van der Waals surface area (Å²) in [6, 6.07) is 0. The number of nitrogens with zero attached hydrogens (tertiary/aromatic N) is 2. The van der Waals surface area contributed by atoms with Crippen molar-refractivity contribution in [3.63, 3.8) is 0 Å². The Morgan fingerprint density at radius 2 is 2.36 bits per heavy atom. The van der Waals surface area contributed by atoms with Crippen LogP contribution >= 0.6 is 12.6 Å². The molecule has 0 aromatic carbocycles. The van der Waals surface area contributed by atoms with Crippen LogP contribution in [0.15, 0.2) is 18.7 Å². The minimum atomic E-state index is 0.690. The highest BCUT2D eigenvalue weighted by Gasteiger charge is 1.99. The largest absolute Gasteiger partial charge is 0.327 e. The van der Waals surface area contributed by atoms with Gasteiger partial charge in [-0.1, -0.05) is 0 Å². The Balaban J connectivity index is 2.51. The van der Waals surface area contributed by atoms with Crippen molar-refractivity contribution in [2.24, 2.45) is 5.73 Å². The van der Waals surface area contributed by atoms with Crippen molar-refractivity contribution in [3.05, 3.63) is 18.7 Å². The summed E-state index contributed by atoms with van der Waals surface area (Å²) in [6.45, 7) is 2.54. The third-order valence-electron chi connectivity index (χ3n) is 1.49. The predicted molar refractivity (Wildman–Crippen MR) is 47.5 cm³/mol. The fourth-order valence-electron chi connectivity index (χ4n) is 0.968. The van der Waals surface area contributed by atoms with Crippen LogP contribution in [0.4, 0.5) is 0 Å². The molecule has 0 unspecified atom stereocenters. The Morgan fingerprint density at radius 3 is 3.00 bits per heavy atom. The third-order valence-corrected chi connectivity index (χ3v) is 1.69. The summed E-state index contributed by atoms with van der Waals surface area (Å²) in [5, 5.41) is 0. The smallest absolute Gasteiger partial charge is 0.243 e. The molecule has 0 saturated carbocycles. The highest BCUT2D eigenvalue weighted by atomic mass is 32.1. The van der Waals surface area contributed by atoms with Gasteiger partial charge in [-0.2, -0.15) is 12.6 Å². The molecule has 11 heavy (non-hydrogen) atoms. The standard InChI is InChI=1S/C7H13N3S/c8-1-2-9-3-4-10(7-9)5-6-11/h3-4,7H,1-2,5-6,8H2/p+1. The van der Waals surface area contributed by atoms with Crippen molar-refractivity contribution in [2.45, 2.75) is 13.1 Å². The van der Waals surface area contributed by atoms with Crippen LogP contribution in [-0.2, 0) is 13.1 Å². The number of nitrogens with two attached hydrogens (primary N) is 1. The zero-order valence-electron chi connectivity index (χ0n) is 6.48.